The number of thioether (sulfide) groups is 1. The Kier molecular flexibility index (Phi) is 9.13. The van der Waals surface area contributed by atoms with Gasteiger partial charge in [0.2, 0.25) is 5.91 Å². The molecule has 0 saturated heterocycles. The summed E-state index contributed by atoms with van der Waals surface area (Å²) in [5.74, 6) is -0.893. The minimum Gasteiger partial charge on any atom is -0.325 e. The highest BCUT2D eigenvalue weighted by atomic mass is 32.2. The molecule has 0 bridgehead atoms. The molecule has 6 nitrogen and oxygen atoms in total. The monoisotopic (exact) mass is 541 g/mol. The molecule has 1 unspecified atom stereocenters. The smallest absolute Gasteiger partial charge is 0.272 e. The Morgan fingerprint density at radius 2 is 1.47 bits per heavy atom. The van der Waals surface area contributed by atoms with E-state index in [9.17, 15) is 14.4 Å². The minimum atomic E-state index is -0.436. The van der Waals surface area contributed by atoms with Gasteiger partial charge >= 0.3 is 0 Å². The summed E-state index contributed by atoms with van der Waals surface area (Å²) in [6.07, 6.45) is 1.65. The second kappa shape index (κ2) is 12.9. The highest BCUT2D eigenvalue weighted by Gasteiger charge is 2.17. The summed E-state index contributed by atoms with van der Waals surface area (Å²) < 4.78 is 0. The molecule has 0 radical (unpaired) electrons. The topological polar surface area (TPSA) is 87.3 Å². The lowest BCUT2D eigenvalue weighted by atomic mass is 10.2. The van der Waals surface area contributed by atoms with Gasteiger partial charge in [-0.3, -0.25) is 14.4 Å². The quantitative estimate of drug-likeness (QED) is 0.165. The molecule has 0 spiro atoms. The molecule has 38 heavy (non-hydrogen) atoms. The van der Waals surface area contributed by atoms with Gasteiger partial charge in [0.25, 0.3) is 11.8 Å². The molecule has 4 aromatic rings. The number of aryl methyl sites for hydroxylation is 1. The number of anilines is 2. The van der Waals surface area contributed by atoms with Gasteiger partial charge in [0.15, 0.2) is 0 Å². The van der Waals surface area contributed by atoms with Gasteiger partial charge in [0.05, 0.1) is 5.25 Å². The molecule has 0 fully saturated rings. The largest absolute Gasteiger partial charge is 0.325 e. The number of thiophene rings is 1. The Labute approximate surface area is 230 Å². The average molecular weight is 542 g/mol. The number of carbonyl (C=O) groups is 3. The summed E-state index contributed by atoms with van der Waals surface area (Å²) in [6.45, 7) is 3.85. The van der Waals surface area contributed by atoms with E-state index in [1.165, 1.54) is 23.1 Å². The molecule has 0 saturated carbocycles. The summed E-state index contributed by atoms with van der Waals surface area (Å²) in [4.78, 5) is 40.1. The van der Waals surface area contributed by atoms with Crippen molar-refractivity contribution in [3.63, 3.8) is 0 Å². The van der Waals surface area contributed by atoms with Gasteiger partial charge in [-0.1, -0.05) is 42.0 Å². The third kappa shape index (κ3) is 7.68. The van der Waals surface area contributed by atoms with Crippen molar-refractivity contribution in [1.82, 2.24) is 5.32 Å². The molecule has 4 rings (SSSR count). The lowest BCUT2D eigenvalue weighted by Crippen LogP contribution is -2.30. The third-order valence-corrected chi connectivity index (χ3v) is 7.40. The maximum atomic E-state index is 13.1. The second-order valence-corrected chi connectivity index (χ2v) is 10.9. The van der Waals surface area contributed by atoms with E-state index in [1.54, 1.807) is 42.5 Å². The van der Waals surface area contributed by atoms with Crippen LogP contribution in [-0.2, 0) is 9.59 Å². The zero-order valence-electron chi connectivity index (χ0n) is 20.9. The van der Waals surface area contributed by atoms with Crippen molar-refractivity contribution in [2.75, 3.05) is 10.6 Å². The second-order valence-electron chi connectivity index (χ2n) is 8.49. The maximum Gasteiger partial charge on any atom is 0.272 e. The Bertz CT molecular complexity index is 1420. The van der Waals surface area contributed by atoms with Crippen molar-refractivity contribution in [1.29, 1.82) is 0 Å². The summed E-state index contributed by atoms with van der Waals surface area (Å²) in [7, 11) is 0. The summed E-state index contributed by atoms with van der Waals surface area (Å²) in [5.41, 5.74) is 3.06. The first-order chi connectivity index (χ1) is 18.4. The molecule has 1 atom stereocenters. The van der Waals surface area contributed by atoms with E-state index in [1.807, 2.05) is 73.8 Å². The van der Waals surface area contributed by atoms with Crippen LogP contribution in [0.2, 0.25) is 0 Å². The Balaban J connectivity index is 1.39. The lowest BCUT2D eigenvalue weighted by Gasteiger charge is -2.13. The van der Waals surface area contributed by atoms with Gasteiger partial charge in [-0.05, 0) is 79.9 Å². The van der Waals surface area contributed by atoms with E-state index >= 15 is 0 Å². The van der Waals surface area contributed by atoms with Gasteiger partial charge in [-0.2, -0.15) is 0 Å². The van der Waals surface area contributed by atoms with Crippen LogP contribution in [0.5, 0.6) is 0 Å². The molecule has 0 aliphatic carbocycles. The first kappa shape index (κ1) is 26.9. The lowest BCUT2D eigenvalue weighted by molar-refractivity contribution is -0.115. The van der Waals surface area contributed by atoms with Crippen LogP contribution < -0.4 is 16.0 Å². The van der Waals surface area contributed by atoms with E-state index < -0.39 is 5.91 Å². The van der Waals surface area contributed by atoms with Crippen molar-refractivity contribution < 1.29 is 14.4 Å². The Hall–Kier alpha value is -4.14. The van der Waals surface area contributed by atoms with E-state index in [2.05, 4.69) is 16.0 Å². The molecule has 8 heteroatoms. The van der Waals surface area contributed by atoms with Crippen LogP contribution in [0.4, 0.5) is 11.4 Å². The van der Waals surface area contributed by atoms with E-state index in [0.29, 0.717) is 11.3 Å². The van der Waals surface area contributed by atoms with E-state index in [0.717, 1.165) is 21.0 Å². The highest BCUT2D eigenvalue weighted by molar-refractivity contribution is 8.00. The standard InChI is InChI=1S/C30H27N3O3S2/c1-20-10-12-23(13-11-20)31-28(34)21(2)38-25-16-14-24(15-17-25)32-30(36)27(19-26-9-6-18-37-26)33-29(35)22-7-4-3-5-8-22/h3-19,21H,1-2H3,(H,31,34)(H,32,36)(H,33,35)/b27-19-. The number of nitrogens with one attached hydrogen (secondary N) is 3. The SMILES string of the molecule is Cc1ccc(NC(=O)C(C)Sc2ccc(NC(=O)/C(=C/c3cccs3)NC(=O)c3ccccc3)cc2)cc1. The van der Waals surface area contributed by atoms with E-state index in [-0.39, 0.29) is 22.8 Å². The highest BCUT2D eigenvalue weighted by Crippen LogP contribution is 2.26. The number of hydrogen-bond acceptors (Lipinski definition) is 5. The molecular formula is C30H27N3O3S2. The predicted molar refractivity (Wildman–Crippen MR) is 156 cm³/mol. The van der Waals surface area contributed by atoms with Gasteiger partial charge in [-0.25, -0.2) is 0 Å². The number of carbonyl (C=O) groups excluding carboxylic acids is 3. The molecule has 3 N–H and O–H groups in total. The number of benzene rings is 3. The van der Waals surface area contributed by atoms with Gasteiger partial charge in [0.1, 0.15) is 5.70 Å². The van der Waals surface area contributed by atoms with E-state index in [4.69, 9.17) is 0 Å². The molecular weight excluding hydrogens is 514 g/mol. The fourth-order valence-corrected chi connectivity index (χ4v) is 4.94. The molecule has 3 amide bonds. The number of hydrogen-bond donors (Lipinski definition) is 3. The Morgan fingerprint density at radius 3 is 2.13 bits per heavy atom. The van der Waals surface area contributed by atoms with Gasteiger partial charge in [-0.15, -0.1) is 23.1 Å². The van der Waals surface area contributed by atoms with Crippen molar-refractivity contribution >= 4 is 58.3 Å². The third-order valence-electron chi connectivity index (χ3n) is 5.47. The molecule has 192 valence electrons. The minimum absolute atomic E-state index is 0.0891. The molecule has 1 aromatic heterocycles. The maximum absolute atomic E-state index is 13.1. The first-order valence-corrected chi connectivity index (χ1v) is 13.7. The number of rotatable bonds is 9. The summed E-state index contributed by atoms with van der Waals surface area (Å²) >= 11 is 2.89. The zero-order chi connectivity index (χ0) is 26.9. The van der Waals surface area contributed by atoms with Crippen LogP contribution in [-0.4, -0.2) is 23.0 Å². The fourth-order valence-electron chi connectivity index (χ4n) is 3.41. The van der Waals surface area contributed by atoms with Crippen molar-refractivity contribution in [3.05, 3.63) is 118 Å². The average Bonchev–Trinajstić information content (AvgIpc) is 3.44. The molecule has 1 heterocycles. The zero-order valence-corrected chi connectivity index (χ0v) is 22.6. The number of amides is 3. The van der Waals surface area contributed by atoms with Crippen molar-refractivity contribution in [2.24, 2.45) is 0 Å². The Morgan fingerprint density at radius 1 is 0.816 bits per heavy atom. The van der Waals surface area contributed by atoms with Crippen LogP contribution >= 0.6 is 23.1 Å². The van der Waals surface area contributed by atoms with Gasteiger partial charge in [0, 0.05) is 26.7 Å². The van der Waals surface area contributed by atoms with Crippen LogP contribution in [0, 0.1) is 6.92 Å². The van der Waals surface area contributed by atoms with Crippen molar-refractivity contribution in [2.45, 2.75) is 24.0 Å². The predicted octanol–water partition coefficient (Wildman–Crippen LogP) is 6.59. The van der Waals surface area contributed by atoms with Crippen LogP contribution in [0.25, 0.3) is 6.08 Å². The fraction of sp³-hybridized carbons (Fsp3) is 0.100. The van der Waals surface area contributed by atoms with Crippen LogP contribution in [0.1, 0.15) is 27.7 Å². The summed E-state index contributed by atoms with van der Waals surface area (Å²) in [5, 5.41) is 10.1. The van der Waals surface area contributed by atoms with Crippen molar-refractivity contribution in [3.8, 4) is 0 Å². The van der Waals surface area contributed by atoms with Crippen LogP contribution in [0.3, 0.4) is 0 Å². The first-order valence-electron chi connectivity index (χ1n) is 11.9. The normalized spacial score (nSPS) is 11.9. The molecule has 0 aliphatic heterocycles. The summed E-state index contributed by atoms with van der Waals surface area (Å²) in [6, 6.07) is 27.4. The van der Waals surface area contributed by atoms with Crippen LogP contribution in [0.15, 0.2) is 107 Å². The molecule has 0 aliphatic rings. The van der Waals surface area contributed by atoms with Gasteiger partial charge < -0.3 is 16.0 Å². The molecule has 3 aromatic carbocycles.